The highest BCUT2D eigenvalue weighted by molar-refractivity contribution is 5.78. The van der Waals surface area contributed by atoms with E-state index in [1.54, 1.807) is 0 Å². The standard InChI is InChI=1S/C19H22F3N5/c20-19(21,22)11-6-7-15(16(23)9-11)17-13-4-1-5-14(13)18(27-26-17)25-12-3-2-8-24-10-12/h6-7,9,12,24H,1-5,8,10,23H2,(H,25,27). The van der Waals surface area contributed by atoms with E-state index < -0.39 is 11.7 Å². The predicted molar refractivity (Wildman–Crippen MR) is 98.4 cm³/mol. The normalized spacial score (nSPS) is 19.7. The highest BCUT2D eigenvalue weighted by Gasteiger charge is 2.31. The third-order valence-electron chi connectivity index (χ3n) is 5.31. The van der Waals surface area contributed by atoms with E-state index in [1.165, 1.54) is 6.07 Å². The average Bonchev–Trinajstić information content (AvgIpc) is 3.13. The molecule has 144 valence electrons. The molecule has 2 heterocycles. The Bertz CT molecular complexity index is 844. The molecule has 0 spiro atoms. The van der Waals surface area contributed by atoms with Crippen LogP contribution in [-0.4, -0.2) is 29.3 Å². The number of nitrogen functional groups attached to an aromatic ring is 1. The van der Waals surface area contributed by atoms with Crippen LogP contribution in [0.5, 0.6) is 0 Å². The maximum atomic E-state index is 12.9. The molecular weight excluding hydrogens is 355 g/mol. The molecule has 1 fully saturated rings. The van der Waals surface area contributed by atoms with Crippen molar-refractivity contribution in [1.82, 2.24) is 15.5 Å². The molecule has 1 aliphatic carbocycles. The van der Waals surface area contributed by atoms with Crippen LogP contribution in [0.2, 0.25) is 0 Å². The van der Waals surface area contributed by atoms with Crippen molar-refractivity contribution >= 4 is 11.5 Å². The Morgan fingerprint density at radius 2 is 1.93 bits per heavy atom. The van der Waals surface area contributed by atoms with Crippen molar-refractivity contribution in [1.29, 1.82) is 0 Å². The summed E-state index contributed by atoms with van der Waals surface area (Å²) in [4.78, 5) is 0. The summed E-state index contributed by atoms with van der Waals surface area (Å²) in [6, 6.07) is 3.74. The first-order valence-corrected chi connectivity index (χ1v) is 9.26. The van der Waals surface area contributed by atoms with Gasteiger partial charge in [0.1, 0.15) is 0 Å². The molecule has 0 saturated carbocycles. The number of hydrogen-bond acceptors (Lipinski definition) is 5. The number of alkyl halides is 3. The number of piperidine rings is 1. The Kier molecular flexibility index (Phi) is 4.67. The number of nitrogens with zero attached hydrogens (tertiary/aromatic N) is 2. The number of nitrogens with two attached hydrogens (primary N) is 1. The van der Waals surface area contributed by atoms with Crippen molar-refractivity contribution in [2.45, 2.75) is 44.3 Å². The van der Waals surface area contributed by atoms with Gasteiger partial charge in [0.2, 0.25) is 0 Å². The number of nitrogens with one attached hydrogen (secondary N) is 2. The third kappa shape index (κ3) is 3.58. The van der Waals surface area contributed by atoms with E-state index in [0.717, 1.165) is 74.3 Å². The summed E-state index contributed by atoms with van der Waals surface area (Å²) in [6.45, 7) is 1.93. The molecule has 4 N–H and O–H groups in total. The van der Waals surface area contributed by atoms with Crippen LogP contribution >= 0.6 is 0 Å². The largest absolute Gasteiger partial charge is 0.416 e. The molecule has 1 aromatic carbocycles. The molecule has 1 unspecified atom stereocenters. The van der Waals surface area contributed by atoms with Crippen molar-refractivity contribution < 1.29 is 13.2 Å². The number of halogens is 3. The monoisotopic (exact) mass is 377 g/mol. The van der Waals surface area contributed by atoms with Crippen molar-refractivity contribution in [2.24, 2.45) is 0 Å². The van der Waals surface area contributed by atoms with Gasteiger partial charge in [-0.2, -0.15) is 13.2 Å². The summed E-state index contributed by atoms with van der Waals surface area (Å²) in [5.74, 6) is 0.797. The lowest BCUT2D eigenvalue weighted by atomic mass is 10.00. The summed E-state index contributed by atoms with van der Waals surface area (Å²) in [5, 5.41) is 15.6. The van der Waals surface area contributed by atoms with Gasteiger partial charge in [-0.1, -0.05) is 6.07 Å². The third-order valence-corrected chi connectivity index (χ3v) is 5.31. The van der Waals surface area contributed by atoms with Crippen molar-refractivity contribution in [2.75, 3.05) is 24.1 Å². The van der Waals surface area contributed by atoms with Gasteiger partial charge >= 0.3 is 6.18 Å². The summed E-state index contributed by atoms with van der Waals surface area (Å²) < 4.78 is 38.7. The number of anilines is 2. The molecule has 2 aliphatic rings. The van der Waals surface area contributed by atoms with Gasteiger partial charge in [0.25, 0.3) is 0 Å². The molecule has 0 bridgehead atoms. The number of benzene rings is 1. The maximum absolute atomic E-state index is 12.9. The van der Waals surface area contributed by atoms with Gasteiger partial charge in [-0.25, -0.2) is 0 Å². The fraction of sp³-hybridized carbons (Fsp3) is 0.474. The first-order chi connectivity index (χ1) is 12.9. The molecule has 1 aromatic heterocycles. The second-order valence-electron chi connectivity index (χ2n) is 7.20. The topological polar surface area (TPSA) is 75.9 Å². The van der Waals surface area contributed by atoms with Gasteiger partial charge < -0.3 is 16.4 Å². The minimum atomic E-state index is -4.41. The van der Waals surface area contributed by atoms with E-state index in [-0.39, 0.29) is 5.69 Å². The van der Waals surface area contributed by atoms with E-state index >= 15 is 0 Å². The molecular formula is C19H22F3N5. The molecule has 8 heteroatoms. The second-order valence-corrected chi connectivity index (χ2v) is 7.20. The van der Waals surface area contributed by atoms with E-state index in [9.17, 15) is 13.2 Å². The summed E-state index contributed by atoms with van der Waals surface area (Å²) in [7, 11) is 0. The van der Waals surface area contributed by atoms with E-state index in [0.29, 0.717) is 17.3 Å². The number of rotatable bonds is 3. The van der Waals surface area contributed by atoms with Crippen LogP contribution in [-0.2, 0) is 19.0 Å². The van der Waals surface area contributed by atoms with E-state index in [1.807, 2.05) is 0 Å². The van der Waals surface area contributed by atoms with Gasteiger partial charge in [0, 0.05) is 29.4 Å². The van der Waals surface area contributed by atoms with Crippen LogP contribution in [0.4, 0.5) is 24.7 Å². The van der Waals surface area contributed by atoms with Gasteiger partial charge in [-0.05, 0) is 56.3 Å². The zero-order chi connectivity index (χ0) is 19.0. The summed E-state index contributed by atoms with van der Waals surface area (Å²) in [5.41, 5.74) is 8.53. The lowest BCUT2D eigenvalue weighted by Gasteiger charge is -2.25. The molecule has 0 radical (unpaired) electrons. The van der Waals surface area contributed by atoms with Crippen LogP contribution in [0.15, 0.2) is 18.2 Å². The highest BCUT2D eigenvalue weighted by Crippen LogP contribution is 2.38. The number of hydrogen-bond donors (Lipinski definition) is 3. The number of aromatic nitrogens is 2. The Morgan fingerprint density at radius 3 is 2.63 bits per heavy atom. The fourth-order valence-corrected chi connectivity index (χ4v) is 3.94. The van der Waals surface area contributed by atoms with Crippen molar-refractivity contribution in [3.05, 3.63) is 34.9 Å². The Labute approximate surface area is 155 Å². The predicted octanol–water partition coefficient (Wildman–Crippen LogP) is 3.40. The van der Waals surface area contributed by atoms with Crippen LogP contribution in [0.1, 0.15) is 36.0 Å². The van der Waals surface area contributed by atoms with Crippen LogP contribution < -0.4 is 16.4 Å². The minimum Gasteiger partial charge on any atom is -0.398 e. The average molecular weight is 377 g/mol. The van der Waals surface area contributed by atoms with Gasteiger partial charge in [-0.3, -0.25) is 0 Å². The maximum Gasteiger partial charge on any atom is 0.416 e. The van der Waals surface area contributed by atoms with Gasteiger partial charge in [0.05, 0.1) is 11.3 Å². The van der Waals surface area contributed by atoms with Crippen molar-refractivity contribution in [3.8, 4) is 11.3 Å². The second kappa shape index (κ2) is 6.99. The molecule has 1 aliphatic heterocycles. The van der Waals surface area contributed by atoms with Crippen LogP contribution in [0.3, 0.4) is 0 Å². The molecule has 1 atom stereocenters. The fourth-order valence-electron chi connectivity index (χ4n) is 3.94. The molecule has 0 amide bonds. The smallest absolute Gasteiger partial charge is 0.398 e. The molecule has 2 aromatic rings. The van der Waals surface area contributed by atoms with Gasteiger partial charge in [-0.15, -0.1) is 10.2 Å². The molecule has 4 rings (SSSR count). The first-order valence-electron chi connectivity index (χ1n) is 9.26. The molecule has 27 heavy (non-hydrogen) atoms. The first kappa shape index (κ1) is 18.0. The molecule has 5 nitrogen and oxygen atoms in total. The molecule has 1 saturated heterocycles. The minimum absolute atomic E-state index is 0.0745. The van der Waals surface area contributed by atoms with Gasteiger partial charge in [0.15, 0.2) is 5.82 Å². The quantitative estimate of drug-likeness (QED) is 0.715. The zero-order valence-corrected chi connectivity index (χ0v) is 14.9. The summed E-state index contributed by atoms with van der Waals surface area (Å²) >= 11 is 0. The van der Waals surface area contributed by atoms with Crippen molar-refractivity contribution in [3.63, 3.8) is 0 Å². The van der Waals surface area contributed by atoms with E-state index in [4.69, 9.17) is 5.73 Å². The Morgan fingerprint density at radius 1 is 1.11 bits per heavy atom. The Balaban J connectivity index is 1.68. The highest BCUT2D eigenvalue weighted by atomic mass is 19.4. The lowest BCUT2D eigenvalue weighted by molar-refractivity contribution is -0.137. The Hall–Kier alpha value is -2.35. The van der Waals surface area contributed by atoms with E-state index in [2.05, 4.69) is 20.8 Å². The SMILES string of the molecule is Nc1cc(C(F)(F)F)ccc1-c1nnc(NC2CCCNC2)c2c1CCC2. The number of fused-ring (bicyclic) bond motifs is 1. The summed E-state index contributed by atoms with van der Waals surface area (Å²) in [6.07, 6.45) is 0.486. The van der Waals surface area contributed by atoms with Crippen LogP contribution in [0.25, 0.3) is 11.3 Å². The lowest BCUT2D eigenvalue weighted by Crippen LogP contribution is -2.38. The van der Waals surface area contributed by atoms with Crippen LogP contribution in [0, 0.1) is 0 Å². The zero-order valence-electron chi connectivity index (χ0n) is 14.9.